The molecular formula is C84H164O26. The zero-order valence-electron chi connectivity index (χ0n) is 68.9. The fourth-order valence-corrected chi connectivity index (χ4v) is 13.6. The molecule has 2 saturated heterocycles. The van der Waals surface area contributed by atoms with Crippen molar-refractivity contribution in [3.63, 3.8) is 0 Å². The van der Waals surface area contributed by atoms with Gasteiger partial charge in [0.05, 0.1) is 126 Å². The van der Waals surface area contributed by atoms with E-state index in [2.05, 4.69) is 27.7 Å². The fourth-order valence-electron chi connectivity index (χ4n) is 13.6. The molecule has 0 bridgehead atoms. The molecule has 0 aromatic rings. The predicted molar refractivity (Wildman–Crippen MR) is 426 cm³/mol. The number of aliphatic carboxylic acids is 4. The van der Waals surface area contributed by atoms with E-state index in [4.69, 9.17) is 69.3 Å². The third-order valence-corrected chi connectivity index (χ3v) is 20.5. The van der Waals surface area contributed by atoms with Gasteiger partial charge in [-0.25, -0.2) is 0 Å². The number of hydrogen-bond donors (Lipinski definition) is 16. The molecule has 26 heteroatoms. The normalized spacial score (nSPS) is 19.7. The van der Waals surface area contributed by atoms with Gasteiger partial charge in [0, 0.05) is 38.5 Å². The maximum atomic E-state index is 10.5. The number of aliphatic hydroxyl groups is 12. The SMILES string of the molecule is CCCCCC(O)C1CC(OCC(O)CO)C(CCCCCCCC(=O)O)O1.CCCCCC1OC(C(CCCCCCCC(=O)O)OCC(O)CO)CC1O.CCCCCCCCC(O)C(CCCCCCCC(=O)O)OCC(O)CO.CCCCCCCCC(OCC(O)CO)C(O)CCCCCCCC(=O)O. The van der Waals surface area contributed by atoms with Gasteiger partial charge in [0.1, 0.15) is 24.4 Å². The topological polar surface area (TPSA) is 447 Å². The third kappa shape index (κ3) is 66.3. The highest BCUT2D eigenvalue weighted by molar-refractivity contribution is 5.67. The van der Waals surface area contributed by atoms with Crippen LogP contribution < -0.4 is 0 Å². The van der Waals surface area contributed by atoms with E-state index in [1.54, 1.807) is 0 Å². The summed E-state index contributed by atoms with van der Waals surface area (Å²) < 4.78 is 35.2. The Kier molecular flexibility index (Phi) is 76.8. The molecule has 0 radical (unpaired) electrons. The Morgan fingerprint density at radius 2 is 0.636 bits per heavy atom. The first-order valence-electron chi connectivity index (χ1n) is 43.5. The smallest absolute Gasteiger partial charge is 0.303 e. The van der Waals surface area contributed by atoms with E-state index in [-0.39, 0.29) is 127 Å². The van der Waals surface area contributed by atoms with Gasteiger partial charge in [0.25, 0.3) is 0 Å². The molecule has 0 saturated carbocycles. The molecule has 2 rings (SSSR count). The Morgan fingerprint density at radius 3 is 1.04 bits per heavy atom. The second-order valence-electron chi connectivity index (χ2n) is 30.9. The molecule has 16 atom stereocenters. The number of carboxylic acids is 4. The van der Waals surface area contributed by atoms with Crippen LogP contribution in [0, 0.1) is 0 Å². The number of carboxylic acid groups (broad SMARTS) is 4. The molecule has 2 aliphatic heterocycles. The molecule has 26 nitrogen and oxygen atoms in total. The van der Waals surface area contributed by atoms with Crippen molar-refractivity contribution in [3.05, 3.63) is 0 Å². The number of hydrogen-bond acceptors (Lipinski definition) is 22. The highest BCUT2D eigenvalue weighted by Gasteiger charge is 2.40. The van der Waals surface area contributed by atoms with E-state index in [1.165, 1.54) is 51.4 Å². The van der Waals surface area contributed by atoms with Gasteiger partial charge < -0.3 is 110 Å². The van der Waals surface area contributed by atoms with Gasteiger partial charge in [-0.2, -0.15) is 0 Å². The molecule has 0 aromatic heterocycles. The van der Waals surface area contributed by atoms with Gasteiger partial charge in [0.2, 0.25) is 0 Å². The third-order valence-electron chi connectivity index (χ3n) is 20.5. The molecule has 0 amide bonds. The van der Waals surface area contributed by atoms with Crippen LogP contribution in [0.15, 0.2) is 0 Å². The number of ether oxygens (including phenoxy) is 6. The van der Waals surface area contributed by atoms with Crippen LogP contribution in [-0.2, 0) is 47.6 Å². The molecule has 0 aromatic carbocycles. The van der Waals surface area contributed by atoms with Crippen molar-refractivity contribution in [2.24, 2.45) is 0 Å². The van der Waals surface area contributed by atoms with E-state index < -0.39 is 72.7 Å². The zero-order valence-corrected chi connectivity index (χ0v) is 68.9. The van der Waals surface area contributed by atoms with Crippen LogP contribution >= 0.6 is 0 Å². The quantitative estimate of drug-likeness (QED) is 0.0251. The first kappa shape index (κ1) is 109. The Bertz CT molecular complexity index is 2030. The summed E-state index contributed by atoms with van der Waals surface area (Å²) in [6.45, 7) is 7.50. The average Bonchev–Trinajstić information content (AvgIpc) is 1.71. The Labute approximate surface area is 662 Å². The van der Waals surface area contributed by atoms with Crippen molar-refractivity contribution in [1.29, 1.82) is 0 Å². The maximum absolute atomic E-state index is 10.5. The van der Waals surface area contributed by atoms with Crippen molar-refractivity contribution >= 4 is 23.9 Å². The van der Waals surface area contributed by atoms with Crippen molar-refractivity contribution < 1.29 is 129 Å². The number of rotatable bonds is 74. The molecule has 2 fully saturated rings. The van der Waals surface area contributed by atoms with Crippen LogP contribution in [0.5, 0.6) is 0 Å². The highest BCUT2D eigenvalue weighted by Crippen LogP contribution is 2.33. The molecule has 2 heterocycles. The molecule has 0 aliphatic carbocycles. The van der Waals surface area contributed by atoms with Crippen LogP contribution in [0.4, 0.5) is 0 Å². The Balaban J connectivity index is 0. The van der Waals surface area contributed by atoms with E-state index in [0.717, 1.165) is 199 Å². The molecule has 2 aliphatic rings. The maximum Gasteiger partial charge on any atom is 0.303 e. The number of aliphatic hydroxyl groups excluding tert-OH is 12. The van der Waals surface area contributed by atoms with Crippen LogP contribution in [0.25, 0.3) is 0 Å². The lowest BCUT2D eigenvalue weighted by atomic mass is 9.99. The van der Waals surface area contributed by atoms with E-state index in [1.807, 2.05) is 0 Å². The van der Waals surface area contributed by atoms with E-state index >= 15 is 0 Å². The van der Waals surface area contributed by atoms with E-state index in [0.29, 0.717) is 57.8 Å². The van der Waals surface area contributed by atoms with E-state index in [9.17, 15) is 60.0 Å². The number of unbranched alkanes of at least 4 members (excludes halogenated alkanes) is 30. The van der Waals surface area contributed by atoms with Crippen LogP contribution in [-0.4, -0.2) is 256 Å². The van der Waals surface area contributed by atoms with Crippen LogP contribution in [0.2, 0.25) is 0 Å². The summed E-state index contributed by atoms with van der Waals surface area (Å²) in [7, 11) is 0. The lowest BCUT2D eigenvalue weighted by Gasteiger charge is -2.25. The molecule has 656 valence electrons. The zero-order chi connectivity index (χ0) is 82.2. The largest absolute Gasteiger partial charge is 0.481 e. The van der Waals surface area contributed by atoms with Crippen molar-refractivity contribution in [1.82, 2.24) is 0 Å². The van der Waals surface area contributed by atoms with Gasteiger partial charge in [-0.15, -0.1) is 0 Å². The summed E-state index contributed by atoms with van der Waals surface area (Å²) >= 11 is 0. The lowest BCUT2D eigenvalue weighted by Crippen LogP contribution is -2.33. The second-order valence-corrected chi connectivity index (χ2v) is 30.9. The number of carbonyl (C=O) groups is 4. The summed E-state index contributed by atoms with van der Waals surface area (Å²) in [6.07, 6.45) is 39.1. The summed E-state index contributed by atoms with van der Waals surface area (Å²) in [5.41, 5.74) is 0. The summed E-state index contributed by atoms with van der Waals surface area (Å²) in [5, 5.41) is 150. The fraction of sp³-hybridized carbons (Fsp3) is 0.952. The van der Waals surface area contributed by atoms with Crippen molar-refractivity contribution in [3.8, 4) is 0 Å². The van der Waals surface area contributed by atoms with Crippen molar-refractivity contribution in [2.45, 2.75) is 459 Å². The second kappa shape index (κ2) is 77.4. The molecule has 16 N–H and O–H groups in total. The molecule has 110 heavy (non-hydrogen) atoms. The lowest BCUT2D eigenvalue weighted by molar-refractivity contribution is -0.138. The molecular weight excluding hydrogens is 1420 g/mol. The summed E-state index contributed by atoms with van der Waals surface area (Å²) in [5.74, 6) is -2.98. The average molecular weight is 1590 g/mol. The van der Waals surface area contributed by atoms with Gasteiger partial charge in [0.15, 0.2) is 0 Å². The summed E-state index contributed by atoms with van der Waals surface area (Å²) in [6, 6.07) is 0. The Morgan fingerprint density at radius 1 is 0.336 bits per heavy atom. The van der Waals surface area contributed by atoms with Crippen LogP contribution in [0.1, 0.15) is 362 Å². The van der Waals surface area contributed by atoms with Gasteiger partial charge in [-0.3, -0.25) is 19.2 Å². The highest BCUT2D eigenvalue weighted by atomic mass is 16.6. The van der Waals surface area contributed by atoms with Gasteiger partial charge >= 0.3 is 23.9 Å². The predicted octanol–water partition coefficient (Wildman–Crippen LogP) is 12.6. The first-order valence-corrected chi connectivity index (χ1v) is 43.5. The minimum Gasteiger partial charge on any atom is -0.481 e. The molecule has 0 spiro atoms. The molecule has 16 unspecified atom stereocenters. The van der Waals surface area contributed by atoms with Gasteiger partial charge in [-0.1, -0.05) is 246 Å². The van der Waals surface area contributed by atoms with Gasteiger partial charge in [-0.05, 0) is 77.0 Å². The van der Waals surface area contributed by atoms with Crippen molar-refractivity contribution in [2.75, 3.05) is 52.9 Å². The standard InChI is InChI=1S/2C21H40O7.2C21H42O6/c1-2-3-7-10-18-17(24)13-20(28-18)19(27-15-16(23)14-22)11-8-5-4-6-9-12-21(25)26;1-2-3-7-10-17(24)19-13-20(27-15-16(23)14-22)18(28-19)11-8-5-4-6-9-12-21(25)26;1-2-3-4-5-8-11-14-20(27-17-18(23)16-22)19(24)13-10-7-6-9-12-15-21(25)26;1-2-3-4-5-7-10-13-19(24)20(27-17-18(23)16-22)14-11-8-6-9-12-15-21(25)26/h2*16-20,22-24H,2-15H2,1H3,(H,25,26);2*18-20,22-24H,2-17H2,1H3,(H,25,26). The monoisotopic (exact) mass is 1590 g/mol. The van der Waals surface area contributed by atoms with Crippen LogP contribution in [0.3, 0.4) is 0 Å². The minimum absolute atomic E-state index is 0.0351. The minimum atomic E-state index is -0.912. The Hall–Kier alpha value is -2.84. The summed E-state index contributed by atoms with van der Waals surface area (Å²) in [4.78, 5) is 42.0. The first-order chi connectivity index (χ1) is 53.0.